The summed E-state index contributed by atoms with van der Waals surface area (Å²) in [4.78, 5) is 27.1. The fourth-order valence-electron chi connectivity index (χ4n) is 1.63. The van der Waals surface area contributed by atoms with Crippen LogP contribution in [0.1, 0.15) is 21.1 Å². The van der Waals surface area contributed by atoms with Crippen molar-refractivity contribution in [2.24, 2.45) is 0 Å². The molecule has 2 N–H and O–H groups in total. The first kappa shape index (κ1) is 16.4. The predicted octanol–water partition coefficient (Wildman–Crippen LogP) is 2.83. The topological polar surface area (TPSA) is 80.3 Å². The van der Waals surface area contributed by atoms with Crippen LogP contribution in [0.15, 0.2) is 34.1 Å². The molecule has 0 unspecified atom stereocenters. The number of amides is 2. The van der Waals surface area contributed by atoms with Crippen molar-refractivity contribution in [2.75, 3.05) is 6.61 Å². The van der Waals surface area contributed by atoms with Gasteiger partial charge in [0.05, 0.1) is 11.6 Å². The highest BCUT2D eigenvalue weighted by Crippen LogP contribution is 2.16. The number of nitrogens with zero attached hydrogens (tertiary/aromatic N) is 1. The second-order valence-electron chi connectivity index (χ2n) is 4.31. The number of benzene rings is 1. The number of aromatic nitrogens is 1. The summed E-state index contributed by atoms with van der Waals surface area (Å²) >= 11 is 4.78. The van der Waals surface area contributed by atoms with E-state index in [2.05, 4.69) is 31.8 Å². The summed E-state index contributed by atoms with van der Waals surface area (Å²) in [6, 6.07) is 7.69. The lowest BCUT2D eigenvalue weighted by Gasteiger charge is -2.08. The largest absolute Gasteiger partial charge is 0.448 e. The highest BCUT2D eigenvalue weighted by Gasteiger charge is 2.10. The van der Waals surface area contributed by atoms with Crippen LogP contribution >= 0.6 is 27.3 Å². The van der Waals surface area contributed by atoms with Crippen molar-refractivity contribution in [1.82, 2.24) is 15.8 Å². The van der Waals surface area contributed by atoms with Crippen molar-refractivity contribution in [3.63, 3.8) is 0 Å². The van der Waals surface area contributed by atoms with Crippen molar-refractivity contribution in [3.05, 3.63) is 50.4 Å². The third-order valence-corrected chi connectivity index (χ3v) is 4.24. The third-order valence-electron chi connectivity index (χ3n) is 2.69. The van der Waals surface area contributed by atoms with E-state index in [1.165, 1.54) is 11.3 Å². The number of nitrogens with one attached hydrogen (secondary N) is 2. The number of thiazole rings is 1. The minimum atomic E-state index is -0.715. The average molecular weight is 384 g/mol. The lowest BCUT2D eigenvalue weighted by Crippen LogP contribution is -2.42. The summed E-state index contributed by atoms with van der Waals surface area (Å²) in [6.45, 7) is 2.00. The minimum absolute atomic E-state index is 0.208. The molecule has 0 aliphatic heterocycles. The standard InChI is InChI=1S/C14H14BrN3O3S/c1-9-16-12(8-22-9)13(19)17-18-14(20)21-7-6-10-4-2-3-5-11(10)15/h2-5,8H,6-7H2,1H3,(H,17,19)(H,18,20). The summed E-state index contributed by atoms with van der Waals surface area (Å²) in [5.74, 6) is -0.480. The Hall–Kier alpha value is -1.93. The van der Waals surface area contributed by atoms with Gasteiger partial charge in [-0.2, -0.15) is 0 Å². The Morgan fingerprint density at radius 2 is 2.09 bits per heavy atom. The van der Waals surface area contributed by atoms with Crippen molar-refractivity contribution in [3.8, 4) is 0 Å². The van der Waals surface area contributed by atoms with E-state index >= 15 is 0 Å². The Morgan fingerprint density at radius 3 is 2.77 bits per heavy atom. The van der Waals surface area contributed by atoms with E-state index in [-0.39, 0.29) is 12.3 Å². The number of carbonyl (C=O) groups is 2. The van der Waals surface area contributed by atoms with Gasteiger partial charge in [0.1, 0.15) is 5.69 Å². The molecule has 6 nitrogen and oxygen atoms in total. The van der Waals surface area contributed by atoms with E-state index < -0.39 is 12.0 Å². The van der Waals surface area contributed by atoms with Gasteiger partial charge < -0.3 is 4.74 Å². The lowest BCUT2D eigenvalue weighted by atomic mass is 10.2. The number of carbonyl (C=O) groups excluding carboxylic acids is 2. The highest BCUT2D eigenvalue weighted by atomic mass is 79.9. The van der Waals surface area contributed by atoms with Crippen LogP contribution in [-0.2, 0) is 11.2 Å². The fraction of sp³-hybridized carbons (Fsp3) is 0.214. The number of halogens is 1. The second kappa shape index (κ2) is 7.90. The predicted molar refractivity (Wildman–Crippen MR) is 86.6 cm³/mol. The summed E-state index contributed by atoms with van der Waals surface area (Å²) < 4.78 is 5.95. The second-order valence-corrected chi connectivity index (χ2v) is 6.22. The molecule has 0 saturated heterocycles. The zero-order chi connectivity index (χ0) is 15.9. The van der Waals surface area contributed by atoms with Gasteiger partial charge in [-0.25, -0.2) is 15.2 Å². The zero-order valence-corrected chi connectivity index (χ0v) is 14.2. The molecule has 2 amide bonds. The van der Waals surface area contributed by atoms with Crippen molar-refractivity contribution < 1.29 is 14.3 Å². The van der Waals surface area contributed by atoms with Gasteiger partial charge in [0.2, 0.25) is 0 Å². The van der Waals surface area contributed by atoms with Gasteiger partial charge in [0.25, 0.3) is 5.91 Å². The Morgan fingerprint density at radius 1 is 1.32 bits per heavy atom. The first-order valence-electron chi connectivity index (χ1n) is 6.45. The fourth-order valence-corrected chi connectivity index (χ4v) is 2.71. The summed E-state index contributed by atoms with van der Waals surface area (Å²) in [7, 11) is 0. The van der Waals surface area contributed by atoms with Crippen LogP contribution < -0.4 is 10.9 Å². The zero-order valence-electron chi connectivity index (χ0n) is 11.8. The monoisotopic (exact) mass is 383 g/mol. The van der Waals surface area contributed by atoms with Crippen LogP contribution in [0.3, 0.4) is 0 Å². The molecule has 0 radical (unpaired) electrons. The Bertz CT molecular complexity index is 675. The van der Waals surface area contributed by atoms with Gasteiger partial charge in [0, 0.05) is 16.3 Å². The summed E-state index contributed by atoms with van der Waals surface area (Å²) in [5, 5.41) is 2.39. The lowest BCUT2D eigenvalue weighted by molar-refractivity contribution is 0.0906. The molecule has 0 atom stereocenters. The highest BCUT2D eigenvalue weighted by molar-refractivity contribution is 9.10. The van der Waals surface area contributed by atoms with Crippen molar-refractivity contribution in [1.29, 1.82) is 0 Å². The molecule has 116 valence electrons. The van der Waals surface area contributed by atoms with Crippen LogP contribution in [0, 0.1) is 6.92 Å². The molecule has 22 heavy (non-hydrogen) atoms. The van der Waals surface area contributed by atoms with Crippen molar-refractivity contribution in [2.45, 2.75) is 13.3 Å². The molecule has 2 aromatic rings. The smallest absolute Gasteiger partial charge is 0.426 e. The quantitative estimate of drug-likeness (QED) is 0.795. The number of hydrazine groups is 1. The van der Waals surface area contributed by atoms with E-state index in [1.807, 2.05) is 24.3 Å². The van der Waals surface area contributed by atoms with Gasteiger partial charge in [-0.1, -0.05) is 34.1 Å². The normalized spacial score (nSPS) is 10.1. The van der Waals surface area contributed by atoms with Crippen molar-refractivity contribution >= 4 is 39.3 Å². The average Bonchev–Trinajstić information content (AvgIpc) is 2.93. The summed E-state index contributed by atoms with van der Waals surface area (Å²) in [6.07, 6.45) is -0.138. The Labute approximate surface area is 140 Å². The van der Waals surface area contributed by atoms with Gasteiger partial charge >= 0.3 is 6.09 Å². The van der Waals surface area contributed by atoms with Crippen LogP contribution in [-0.4, -0.2) is 23.6 Å². The van der Waals surface area contributed by atoms with Crippen LogP contribution in [0.5, 0.6) is 0 Å². The number of rotatable bonds is 4. The van der Waals surface area contributed by atoms with E-state index in [1.54, 1.807) is 12.3 Å². The molecule has 2 rings (SSSR count). The molecule has 0 spiro atoms. The molecular formula is C14H14BrN3O3S. The number of hydrogen-bond donors (Lipinski definition) is 2. The first-order chi connectivity index (χ1) is 10.6. The van der Waals surface area contributed by atoms with Gasteiger partial charge in [-0.3, -0.25) is 10.2 Å². The first-order valence-corrected chi connectivity index (χ1v) is 8.12. The van der Waals surface area contributed by atoms with Crippen LogP contribution in [0.25, 0.3) is 0 Å². The molecule has 0 fully saturated rings. The minimum Gasteiger partial charge on any atom is -0.448 e. The molecule has 1 aromatic heterocycles. The van der Waals surface area contributed by atoms with E-state index in [4.69, 9.17) is 4.74 Å². The number of aryl methyl sites for hydroxylation is 1. The molecule has 1 heterocycles. The van der Waals surface area contributed by atoms with E-state index in [9.17, 15) is 9.59 Å². The summed E-state index contributed by atoms with van der Waals surface area (Å²) in [5.41, 5.74) is 5.73. The maximum absolute atomic E-state index is 11.7. The maximum Gasteiger partial charge on any atom is 0.426 e. The molecule has 0 bridgehead atoms. The van der Waals surface area contributed by atoms with Crippen LogP contribution in [0.2, 0.25) is 0 Å². The number of hydrogen-bond acceptors (Lipinski definition) is 5. The third kappa shape index (κ3) is 4.81. The maximum atomic E-state index is 11.7. The molecular weight excluding hydrogens is 370 g/mol. The molecule has 0 saturated carbocycles. The molecule has 8 heteroatoms. The SMILES string of the molecule is Cc1nc(C(=O)NNC(=O)OCCc2ccccc2Br)cs1. The molecule has 1 aromatic carbocycles. The Balaban J connectivity index is 1.70. The van der Waals surface area contributed by atoms with Gasteiger partial charge in [-0.05, 0) is 18.6 Å². The van der Waals surface area contributed by atoms with Crippen LogP contribution in [0.4, 0.5) is 4.79 Å². The van der Waals surface area contributed by atoms with Gasteiger partial charge in [-0.15, -0.1) is 11.3 Å². The molecule has 0 aliphatic rings. The van der Waals surface area contributed by atoms with E-state index in [0.29, 0.717) is 6.42 Å². The Kier molecular flexibility index (Phi) is 5.91. The number of ether oxygens (including phenoxy) is 1. The van der Waals surface area contributed by atoms with E-state index in [0.717, 1.165) is 15.0 Å². The van der Waals surface area contributed by atoms with Gasteiger partial charge in [0.15, 0.2) is 0 Å². The molecule has 0 aliphatic carbocycles.